The molecule has 206 valence electrons. The molecule has 2 heterocycles. The molecule has 0 spiro atoms. The predicted octanol–water partition coefficient (Wildman–Crippen LogP) is 2.16. The largest absolute Gasteiger partial charge is 0.464 e. The standard InChI is InChI=1S/C30H28N2O8/c33-25-13-14-26(34)31(25)19-29(37)39-17-1-3-21-5-9-23(10-6-21)24-11-7-22(8-12-24)4-2-18-40-30(38)20-32-27(35)15-16-28(32)36/h5-16H,1-4,17-20H2. The highest BCUT2D eigenvalue weighted by Crippen LogP contribution is 2.21. The fraction of sp³-hybridized carbons (Fsp3) is 0.267. The molecule has 0 aromatic heterocycles. The van der Waals surface area contributed by atoms with Gasteiger partial charge in [-0.15, -0.1) is 0 Å². The topological polar surface area (TPSA) is 127 Å². The number of esters is 2. The molecule has 0 unspecified atom stereocenters. The van der Waals surface area contributed by atoms with Crippen molar-refractivity contribution in [1.29, 1.82) is 0 Å². The average molecular weight is 545 g/mol. The zero-order valence-electron chi connectivity index (χ0n) is 21.7. The number of nitrogens with zero attached hydrogens (tertiary/aromatic N) is 2. The van der Waals surface area contributed by atoms with Crippen molar-refractivity contribution < 1.29 is 38.2 Å². The van der Waals surface area contributed by atoms with E-state index in [2.05, 4.69) is 0 Å². The number of aryl methyl sites for hydroxylation is 2. The Morgan fingerprint density at radius 1 is 0.525 bits per heavy atom. The Morgan fingerprint density at radius 2 is 0.850 bits per heavy atom. The quantitative estimate of drug-likeness (QED) is 0.213. The van der Waals surface area contributed by atoms with Gasteiger partial charge in [-0.25, -0.2) is 0 Å². The van der Waals surface area contributed by atoms with Crippen LogP contribution in [0.2, 0.25) is 0 Å². The van der Waals surface area contributed by atoms with Gasteiger partial charge in [-0.1, -0.05) is 48.5 Å². The first-order valence-electron chi connectivity index (χ1n) is 12.9. The van der Waals surface area contributed by atoms with E-state index >= 15 is 0 Å². The summed E-state index contributed by atoms with van der Waals surface area (Å²) in [4.78, 5) is 71.4. The van der Waals surface area contributed by atoms with Gasteiger partial charge in [0, 0.05) is 24.3 Å². The van der Waals surface area contributed by atoms with Crippen LogP contribution >= 0.6 is 0 Å². The van der Waals surface area contributed by atoms with Gasteiger partial charge in [-0.3, -0.25) is 38.6 Å². The first-order chi connectivity index (χ1) is 19.3. The average Bonchev–Trinajstić information content (AvgIpc) is 3.44. The minimum atomic E-state index is -0.615. The Hall–Kier alpha value is -4.86. The molecule has 0 N–H and O–H groups in total. The maximum atomic E-state index is 11.9. The zero-order valence-corrected chi connectivity index (χ0v) is 21.7. The highest BCUT2D eigenvalue weighted by molar-refractivity contribution is 6.14. The van der Waals surface area contributed by atoms with E-state index in [0.717, 1.165) is 56.4 Å². The minimum absolute atomic E-state index is 0.195. The summed E-state index contributed by atoms with van der Waals surface area (Å²) >= 11 is 0. The van der Waals surface area contributed by atoms with Crippen LogP contribution < -0.4 is 0 Å². The van der Waals surface area contributed by atoms with Crippen LogP contribution in [0.1, 0.15) is 24.0 Å². The Kier molecular flexibility index (Phi) is 9.35. The molecule has 10 nitrogen and oxygen atoms in total. The monoisotopic (exact) mass is 544 g/mol. The number of hydrogen-bond donors (Lipinski definition) is 0. The Bertz CT molecular complexity index is 1220. The lowest BCUT2D eigenvalue weighted by Crippen LogP contribution is -2.35. The molecule has 2 aromatic carbocycles. The highest BCUT2D eigenvalue weighted by atomic mass is 16.5. The zero-order chi connectivity index (χ0) is 28.5. The van der Waals surface area contributed by atoms with E-state index in [9.17, 15) is 28.8 Å². The lowest BCUT2D eigenvalue weighted by atomic mass is 10.00. The van der Waals surface area contributed by atoms with Crippen molar-refractivity contribution in [3.05, 3.63) is 84.0 Å². The fourth-order valence-electron chi connectivity index (χ4n) is 4.18. The lowest BCUT2D eigenvalue weighted by Gasteiger charge is -2.13. The molecule has 0 radical (unpaired) electrons. The summed E-state index contributed by atoms with van der Waals surface area (Å²) in [5.41, 5.74) is 4.30. The van der Waals surface area contributed by atoms with Crippen molar-refractivity contribution in [2.75, 3.05) is 26.3 Å². The third kappa shape index (κ3) is 7.59. The van der Waals surface area contributed by atoms with Gasteiger partial charge in [0.1, 0.15) is 13.1 Å². The number of carbonyl (C=O) groups excluding carboxylic acids is 6. The minimum Gasteiger partial charge on any atom is -0.464 e. The van der Waals surface area contributed by atoms with Gasteiger partial charge in [-0.2, -0.15) is 0 Å². The molecule has 2 aliphatic heterocycles. The summed E-state index contributed by atoms with van der Waals surface area (Å²) in [6, 6.07) is 16.2. The van der Waals surface area contributed by atoms with Crippen LogP contribution in [0, 0.1) is 0 Å². The molecule has 0 fully saturated rings. The van der Waals surface area contributed by atoms with Crippen molar-refractivity contribution in [3.63, 3.8) is 0 Å². The summed E-state index contributed by atoms with van der Waals surface area (Å²) in [5.74, 6) is -3.28. The summed E-state index contributed by atoms with van der Waals surface area (Å²) in [6.45, 7) is -0.371. The van der Waals surface area contributed by atoms with Crippen LogP contribution in [0.25, 0.3) is 11.1 Å². The van der Waals surface area contributed by atoms with Crippen LogP contribution in [-0.2, 0) is 51.1 Å². The normalized spacial score (nSPS) is 14.4. The molecule has 4 amide bonds. The third-order valence-electron chi connectivity index (χ3n) is 6.36. The van der Waals surface area contributed by atoms with Crippen molar-refractivity contribution in [2.45, 2.75) is 25.7 Å². The number of amides is 4. The molecule has 0 saturated carbocycles. The first kappa shape index (κ1) is 28.2. The van der Waals surface area contributed by atoms with E-state index in [-0.39, 0.29) is 26.3 Å². The maximum Gasteiger partial charge on any atom is 0.326 e. The third-order valence-corrected chi connectivity index (χ3v) is 6.36. The van der Waals surface area contributed by atoms with E-state index in [0.29, 0.717) is 25.7 Å². The maximum absolute atomic E-state index is 11.9. The van der Waals surface area contributed by atoms with Crippen LogP contribution in [-0.4, -0.2) is 71.7 Å². The van der Waals surface area contributed by atoms with Gasteiger partial charge < -0.3 is 9.47 Å². The van der Waals surface area contributed by atoms with Crippen LogP contribution in [0.3, 0.4) is 0 Å². The molecule has 0 saturated heterocycles. The Labute approximate surface area is 230 Å². The number of carbonyl (C=O) groups is 6. The number of imide groups is 2. The first-order valence-corrected chi connectivity index (χ1v) is 12.9. The molecule has 40 heavy (non-hydrogen) atoms. The van der Waals surface area contributed by atoms with Gasteiger partial charge >= 0.3 is 11.9 Å². The fourth-order valence-corrected chi connectivity index (χ4v) is 4.18. The van der Waals surface area contributed by atoms with Gasteiger partial charge in [0.05, 0.1) is 13.2 Å². The summed E-state index contributed by atoms with van der Waals surface area (Å²) in [5, 5.41) is 0. The number of ether oxygens (including phenoxy) is 2. The van der Waals surface area contributed by atoms with E-state index in [1.165, 1.54) is 0 Å². The Morgan fingerprint density at radius 3 is 1.18 bits per heavy atom. The molecule has 0 atom stereocenters. The molecular formula is C30H28N2O8. The van der Waals surface area contributed by atoms with Crippen molar-refractivity contribution >= 4 is 35.6 Å². The molecule has 0 aliphatic carbocycles. The second kappa shape index (κ2) is 13.3. The number of benzene rings is 2. The van der Waals surface area contributed by atoms with Crippen molar-refractivity contribution in [1.82, 2.24) is 9.80 Å². The molecule has 2 aromatic rings. The molecular weight excluding hydrogens is 516 g/mol. The van der Waals surface area contributed by atoms with Gasteiger partial charge in [0.25, 0.3) is 23.6 Å². The van der Waals surface area contributed by atoms with Gasteiger partial charge in [0.2, 0.25) is 0 Å². The summed E-state index contributed by atoms with van der Waals surface area (Å²) < 4.78 is 10.3. The molecule has 0 bridgehead atoms. The SMILES string of the molecule is O=C(CN1C(=O)C=CC1=O)OCCCc1ccc(-c2ccc(CCCOC(=O)CN3C(=O)C=CC3=O)cc2)cc1. The van der Waals surface area contributed by atoms with Crippen molar-refractivity contribution in [2.24, 2.45) is 0 Å². The molecule has 10 heteroatoms. The van der Waals surface area contributed by atoms with Gasteiger partial charge in [0.15, 0.2) is 0 Å². The Balaban J connectivity index is 1.12. The summed E-state index contributed by atoms with van der Waals surface area (Å²) in [6.07, 6.45) is 7.16. The van der Waals surface area contributed by atoms with Crippen LogP contribution in [0.4, 0.5) is 0 Å². The smallest absolute Gasteiger partial charge is 0.326 e. The molecule has 2 aliphatic rings. The number of rotatable bonds is 13. The molecule has 4 rings (SSSR count). The van der Waals surface area contributed by atoms with Crippen LogP contribution in [0.15, 0.2) is 72.8 Å². The summed E-state index contributed by atoms with van der Waals surface area (Å²) in [7, 11) is 0. The second-order valence-electron chi connectivity index (χ2n) is 9.23. The van der Waals surface area contributed by atoms with E-state index in [1.54, 1.807) is 0 Å². The second-order valence-corrected chi connectivity index (χ2v) is 9.23. The van der Waals surface area contributed by atoms with Crippen molar-refractivity contribution in [3.8, 4) is 11.1 Å². The van der Waals surface area contributed by atoms with Crippen LogP contribution in [0.5, 0.6) is 0 Å². The predicted molar refractivity (Wildman–Crippen MR) is 142 cm³/mol. The highest BCUT2D eigenvalue weighted by Gasteiger charge is 2.27. The lowest BCUT2D eigenvalue weighted by molar-refractivity contribution is -0.151. The van der Waals surface area contributed by atoms with E-state index < -0.39 is 35.6 Å². The number of hydrogen-bond acceptors (Lipinski definition) is 8. The van der Waals surface area contributed by atoms with E-state index in [1.807, 2.05) is 48.5 Å². The van der Waals surface area contributed by atoms with Gasteiger partial charge in [-0.05, 0) is 47.9 Å². The van der Waals surface area contributed by atoms with E-state index in [4.69, 9.17) is 9.47 Å².